The molecule has 2 atom stereocenters. The average Bonchev–Trinajstić information content (AvgIpc) is 2.86. The molecule has 0 amide bonds. The Balaban J connectivity index is 1.89. The molecular formula is C18H26N2. The molecule has 2 heteroatoms. The minimum atomic E-state index is 0.516. The second-order valence-corrected chi connectivity index (χ2v) is 6.07. The first kappa shape index (κ1) is 13.7. The second-order valence-electron chi connectivity index (χ2n) is 6.07. The number of hydrogen-bond donors (Lipinski definition) is 2. The highest BCUT2D eigenvalue weighted by molar-refractivity contribution is 5.85. The highest BCUT2D eigenvalue weighted by Crippen LogP contribution is 2.35. The fourth-order valence-corrected chi connectivity index (χ4v) is 3.62. The van der Waals surface area contributed by atoms with Crippen molar-refractivity contribution in [2.75, 3.05) is 0 Å². The average molecular weight is 270 g/mol. The molecule has 0 bridgehead atoms. The number of H-pyrrole nitrogens is 1. The van der Waals surface area contributed by atoms with E-state index in [-0.39, 0.29) is 0 Å². The van der Waals surface area contributed by atoms with E-state index in [1.54, 1.807) is 5.56 Å². The van der Waals surface area contributed by atoms with Crippen molar-refractivity contribution in [2.24, 2.45) is 0 Å². The number of aromatic nitrogens is 1. The highest BCUT2D eigenvalue weighted by atomic mass is 15.0. The zero-order valence-electron chi connectivity index (χ0n) is 12.7. The van der Waals surface area contributed by atoms with Crippen molar-refractivity contribution in [3.8, 4) is 0 Å². The van der Waals surface area contributed by atoms with Gasteiger partial charge in [-0.25, -0.2) is 0 Å². The molecule has 2 aromatic rings. The smallest absolute Gasteiger partial charge is 0.0478 e. The standard InChI is InChI=1S/C18H26N2/c1-3-8-13(4-2)19-17-12-7-10-15-14-9-5-6-11-16(14)20-18(15)17/h5-6,9,11,13,17,19-20H,3-4,7-8,10,12H2,1-2H3. The molecule has 1 aromatic heterocycles. The van der Waals surface area contributed by atoms with Crippen molar-refractivity contribution < 1.29 is 0 Å². The topological polar surface area (TPSA) is 27.8 Å². The number of nitrogens with one attached hydrogen (secondary N) is 2. The van der Waals surface area contributed by atoms with E-state index < -0.39 is 0 Å². The Bertz CT molecular complexity index is 570. The van der Waals surface area contributed by atoms with Crippen LogP contribution in [0.3, 0.4) is 0 Å². The summed E-state index contributed by atoms with van der Waals surface area (Å²) in [5.74, 6) is 0. The van der Waals surface area contributed by atoms with Crippen LogP contribution in [0.2, 0.25) is 0 Å². The third-order valence-electron chi connectivity index (χ3n) is 4.68. The Morgan fingerprint density at radius 2 is 2.15 bits per heavy atom. The number of benzene rings is 1. The van der Waals surface area contributed by atoms with Crippen molar-refractivity contribution in [3.05, 3.63) is 35.5 Å². The van der Waals surface area contributed by atoms with Gasteiger partial charge in [0.25, 0.3) is 0 Å². The van der Waals surface area contributed by atoms with Gasteiger partial charge in [0, 0.05) is 28.7 Å². The summed E-state index contributed by atoms with van der Waals surface area (Å²) in [7, 11) is 0. The maximum absolute atomic E-state index is 3.89. The molecule has 0 fully saturated rings. The first-order chi connectivity index (χ1) is 9.83. The van der Waals surface area contributed by atoms with E-state index in [2.05, 4.69) is 48.4 Å². The molecule has 20 heavy (non-hydrogen) atoms. The lowest BCUT2D eigenvalue weighted by atomic mass is 9.91. The zero-order valence-corrected chi connectivity index (χ0v) is 12.7. The number of hydrogen-bond acceptors (Lipinski definition) is 1. The third kappa shape index (κ3) is 2.49. The predicted octanol–water partition coefficient (Wildman–Crippen LogP) is 4.71. The molecule has 2 N–H and O–H groups in total. The van der Waals surface area contributed by atoms with E-state index in [9.17, 15) is 0 Å². The molecule has 3 rings (SSSR count). The Morgan fingerprint density at radius 1 is 1.30 bits per heavy atom. The van der Waals surface area contributed by atoms with Crippen molar-refractivity contribution in [2.45, 2.75) is 64.5 Å². The maximum Gasteiger partial charge on any atom is 0.0478 e. The van der Waals surface area contributed by atoms with Gasteiger partial charge in [-0.3, -0.25) is 0 Å². The van der Waals surface area contributed by atoms with E-state index >= 15 is 0 Å². The summed E-state index contributed by atoms with van der Waals surface area (Å²) in [6.45, 7) is 4.57. The van der Waals surface area contributed by atoms with Crippen LogP contribution in [0.25, 0.3) is 10.9 Å². The molecule has 2 unspecified atom stereocenters. The summed E-state index contributed by atoms with van der Waals surface area (Å²) >= 11 is 0. The zero-order chi connectivity index (χ0) is 13.9. The molecule has 0 saturated carbocycles. The Morgan fingerprint density at radius 3 is 2.95 bits per heavy atom. The quantitative estimate of drug-likeness (QED) is 0.809. The van der Waals surface area contributed by atoms with E-state index in [1.165, 1.54) is 55.1 Å². The van der Waals surface area contributed by atoms with Crippen LogP contribution in [0.1, 0.15) is 63.3 Å². The van der Waals surface area contributed by atoms with Crippen molar-refractivity contribution in [1.82, 2.24) is 10.3 Å². The summed E-state index contributed by atoms with van der Waals surface area (Å²) in [4.78, 5) is 3.68. The molecule has 2 nitrogen and oxygen atoms in total. The molecule has 0 aliphatic heterocycles. The summed E-state index contributed by atoms with van der Waals surface area (Å²) in [6.07, 6.45) is 7.55. The SMILES string of the molecule is CCCC(CC)NC1CCCc2c1[nH]c1ccccc21. The minimum absolute atomic E-state index is 0.516. The molecule has 1 aliphatic carbocycles. The summed E-state index contributed by atoms with van der Waals surface area (Å²) in [6, 6.07) is 9.91. The van der Waals surface area contributed by atoms with Gasteiger partial charge in [-0.05, 0) is 43.7 Å². The van der Waals surface area contributed by atoms with Gasteiger partial charge in [-0.1, -0.05) is 38.5 Å². The van der Waals surface area contributed by atoms with Gasteiger partial charge in [0.1, 0.15) is 0 Å². The minimum Gasteiger partial charge on any atom is -0.357 e. The molecule has 1 aliphatic rings. The monoisotopic (exact) mass is 270 g/mol. The summed E-state index contributed by atoms with van der Waals surface area (Å²) in [5.41, 5.74) is 4.30. The van der Waals surface area contributed by atoms with Crippen molar-refractivity contribution in [1.29, 1.82) is 0 Å². The lowest BCUT2D eigenvalue weighted by Crippen LogP contribution is -2.34. The largest absolute Gasteiger partial charge is 0.357 e. The van der Waals surface area contributed by atoms with Crippen LogP contribution in [0.4, 0.5) is 0 Å². The van der Waals surface area contributed by atoms with Gasteiger partial charge in [0.15, 0.2) is 0 Å². The highest BCUT2D eigenvalue weighted by Gasteiger charge is 2.25. The second kappa shape index (κ2) is 6.01. The number of para-hydroxylation sites is 1. The Hall–Kier alpha value is -1.28. The van der Waals surface area contributed by atoms with Crippen LogP contribution in [0, 0.1) is 0 Å². The normalized spacial score (nSPS) is 20.0. The van der Waals surface area contributed by atoms with Crippen LogP contribution in [-0.2, 0) is 6.42 Å². The maximum atomic E-state index is 3.89. The first-order valence-corrected chi connectivity index (χ1v) is 8.19. The molecule has 1 heterocycles. The predicted molar refractivity (Wildman–Crippen MR) is 86.1 cm³/mol. The van der Waals surface area contributed by atoms with Crippen molar-refractivity contribution >= 4 is 10.9 Å². The van der Waals surface area contributed by atoms with Gasteiger partial charge < -0.3 is 10.3 Å². The number of aryl methyl sites for hydroxylation is 1. The van der Waals surface area contributed by atoms with Crippen LogP contribution in [0.5, 0.6) is 0 Å². The molecular weight excluding hydrogens is 244 g/mol. The van der Waals surface area contributed by atoms with E-state index in [4.69, 9.17) is 0 Å². The van der Waals surface area contributed by atoms with Crippen LogP contribution in [0.15, 0.2) is 24.3 Å². The number of aromatic amines is 1. The van der Waals surface area contributed by atoms with Gasteiger partial charge in [-0.15, -0.1) is 0 Å². The van der Waals surface area contributed by atoms with Crippen LogP contribution < -0.4 is 5.32 Å². The van der Waals surface area contributed by atoms with Gasteiger partial charge in [0.05, 0.1) is 0 Å². The molecule has 1 aromatic carbocycles. The fourth-order valence-electron chi connectivity index (χ4n) is 3.62. The molecule has 0 spiro atoms. The van der Waals surface area contributed by atoms with Crippen LogP contribution >= 0.6 is 0 Å². The van der Waals surface area contributed by atoms with Gasteiger partial charge in [-0.2, -0.15) is 0 Å². The van der Waals surface area contributed by atoms with Gasteiger partial charge in [0.2, 0.25) is 0 Å². The van der Waals surface area contributed by atoms with Gasteiger partial charge >= 0.3 is 0 Å². The number of rotatable bonds is 5. The lowest BCUT2D eigenvalue weighted by Gasteiger charge is -2.28. The number of fused-ring (bicyclic) bond motifs is 3. The summed E-state index contributed by atoms with van der Waals surface area (Å²) in [5, 5.41) is 5.32. The van der Waals surface area contributed by atoms with Crippen molar-refractivity contribution in [3.63, 3.8) is 0 Å². The first-order valence-electron chi connectivity index (χ1n) is 8.19. The third-order valence-corrected chi connectivity index (χ3v) is 4.68. The Labute approximate surface area is 122 Å². The van der Waals surface area contributed by atoms with E-state index in [0.717, 1.165) is 0 Å². The molecule has 0 saturated heterocycles. The van der Waals surface area contributed by atoms with Crippen LogP contribution in [-0.4, -0.2) is 11.0 Å². The van der Waals surface area contributed by atoms with E-state index in [0.29, 0.717) is 12.1 Å². The van der Waals surface area contributed by atoms with E-state index in [1.807, 2.05) is 0 Å². The molecule has 108 valence electrons. The fraction of sp³-hybridized carbons (Fsp3) is 0.556. The Kier molecular flexibility index (Phi) is 4.11. The molecule has 0 radical (unpaired) electrons. The lowest BCUT2D eigenvalue weighted by molar-refractivity contribution is 0.366. The summed E-state index contributed by atoms with van der Waals surface area (Å²) < 4.78 is 0.